The zero-order chi connectivity index (χ0) is 20.0. The van der Waals surface area contributed by atoms with Crippen LogP contribution in [0.25, 0.3) is 0 Å². The van der Waals surface area contributed by atoms with E-state index in [-0.39, 0.29) is 18.6 Å². The second-order valence-electron chi connectivity index (χ2n) is 6.37. The number of allylic oxidation sites excluding steroid dienone is 1. The molecule has 8 heteroatoms. The van der Waals surface area contributed by atoms with Crippen LogP contribution in [-0.2, 0) is 20.8 Å². The van der Waals surface area contributed by atoms with Crippen LogP contribution in [0.15, 0.2) is 36.9 Å². The van der Waals surface area contributed by atoms with E-state index in [1.807, 2.05) is 0 Å². The molecule has 0 bridgehead atoms. The number of carbonyl (C=O) groups is 4. The Hall–Kier alpha value is -3.16. The van der Waals surface area contributed by atoms with Crippen LogP contribution in [0.5, 0.6) is 5.75 Å². The first kappa shape index (κ1) is 20.2. The summed E-state index contributed by atoms with van der Waals surface area (Å²) in [5.74, 6) is -2.83. The Morgan fingerprint density at radius 2 is 1.81 bits per heavy atom. The third kappa shape index (κ3) is 4.16. The standard InChI is InChI=1S/C19H23N3O5/c1-3-10-19(16(25)21-18(27)22-17(19)26)14(4-2)15(24)20-11-9-12-5-7-13(23)8-6-12/h3,5-8,14,23H,1,4,9-11H2,2H3,(H,20,24)(H2,21,22,25,26,27). The minimum absolute atomic E-state index is 0.0676. The number of carbonyl (C=O) groups excluding carboxylic acids is 4. The van der Waals surface area contributed by atoms with Crippen LogP contribution in [0.2, 0.25) is 0 Å². The first-order valence-corrected chi connectivity index (χ1v) is 8.68. The molecule has 2 rings (SSSR count). The van der Waals surface area contributed by atoms with Crippen molar-refractivity contribution in [3.8, 4) is 5.75 Å². The van der Waals surface area contributed by atoms with Gasteiger partial charge in [-0.3, -0.25) is 25.0 Å². The number of benzene rings is 1. The SMILES string of the molecule is C=CCC1(C(CC)C(=O)NCCc2ccc(O)cc2)C(=O)NC(=O)NC1=O. The van der Waals surface area contributed by atoms with Crippen molar-refractivity contribution in [1.82, 2.24) is 16.0 Å². The quantitative estimate of drug-likeness (QED) is 0.400. The number of phenolic OH excluding ortho intramolecular Hbond substituents is 1. The van der Waals surface area contributed by atoms with Crippen LogP contribution < -0.4 is 16.0 Å². The molecule has 1 aromatic carbocycles. The van der Waals surface area contributed by atoms with Crippen molar-refractivity contribution in [1.29, 1.82) is 0 Å². The van der Waals surface area contributed by atoms with Gasteiger partial charge in [-0.1, -0.05) is 25.1 Å². The van der Waals surface area contributed by atoms with E-state index < -0.39 is 35.1 Å². The van der Waals surface area contributed by atoms with Gasteiger partial charge >= 0.3 is 6.03 Å². The molecule has 1 heterocycles. The minimum atomic E-state index is -1.72. The summed E-state index contributed by atoms with van der Waals surface area (Å²) in [6.45, 7) is 5.57. The number of hydrogen-bond donors (Lipinski definition) is 4. The molecule has 5 amide bonds. The lowest BCUT2D eigenvalue weighted by molar-refractivity contribution is -0.153. The normalized spacial score (nSPS) is 16.9. The number of urea groups is 1. The molecule has 4 N–H and O–H groups in total. The summed E-state index contributed by atoms with van der Waals surface area (Å²) in [7, 11) is 0. The van der Waals surface area contributed by atoms with Crippen LogP contribution in [0.3, 0.4) is 0 Å². The third-order valence-electron chi connectivity index (χ3n) is 4.70. The number of phenols is 1. The highest BCUT2D eigenvalue weighted by molar-refractivity contribution is 6.21. The lowest BCUT2D eigenvalue weighted by atomic mass is 9.68. The second-order valence-corrected chi connectivity index (χ2v) is 6.37. The first-order valence-electron chi connectivity index (χ1n) is 8.68. The summed E-state index contributed by atoms with van der Waals surface area (Å²) in [5.41, 5.74) is -0.798. The molecule has 27 heavy (non-hydrogen) atoms. The van der Waals surface area contributed by atoms with Gasteiger partial charge in [-0.05, 0) is 37.0 Å². The predicted octanol–water partition coefficient (Wildman–Crippen LogP) is 1.01. The molecule has 0 aromatic heterocycles. The number of amides is 5. The molecule has 1 aliphatic rings. The average molecular weight is 373 g/mol. The molecule has 1 unspecified atom stereocenters. The van der Waals surface area contributed by atoms with Gasteiger partial charge in [0.2, 0.25) is 17.7 Å². The van der Waals surface area contributed by atoms with Crippen LogP contribution >= 0.6 is 0 Å². The van der Waals surface area contributed by atoms with Gasteiger partial charge in [0.25, 0.3) is 0 Å². The molecule has 8 nitrogen and oxygen atoms in total. The zero-order valence-electron chi connectivity index (χ0n) is 15.1. The summed E-state index contributed by atoms with van der Waals surface area (Å²) in [4.78, 5) is 49.2. The summed E-state index contributed by atoms with van der Waals surface area (Å²) < 4.78 is 0. The van der Waals surface area contributed by atoms with Gasteiger partial charge in [0.1, 0.15) is 11.2 Å². The van der Waals surface area contributed by atoms with E-state index in [0.29, 0.717) is 13.0 Å². The van der Waals surface area contributed by atoms with E-state index in [9.17, 15) is 24.3 Å². The largest absolute Gasteiger partial charge is 0.508 e. The van der Waals surface area contributed by atoms with Crippen LogP contribution in [0.4, 0.5) is 4.79 Å². The highest BCUT2D eigenvalue weighted by Gasteiger charge is 2.56. The highest BCUT2D eigenvalue weighted by Crippen LogP contribution is 2.37. The maximum absolute atomic E-state index is 12.7. The fourth-order valence-corrected chi connectivity index (χ4v) is 3.31. The Morgan fingerprint density at radius 3 is 2.33 bits per heavy atom. The monoisotopic (exact) mass is 373 g/mol. The minimum Gasteiger partial charge on any atom is -0.508 e. The van der Waals surface area contributed by atoms with E-state index in [1.165, 1.54) is 6.08 Å². The Balaban J connectivity index is 2.13. The Morgan fingerprint density at radius 1 is 1.22 bits per heavy atom. The molecule has 0 radical (unpaired) electrons. The van der Waals surface area contributed by atoms with E-state index >= 15 is 0 Å². The van der Waals surface area contributed by atoms with Gasteiger partial charge in [0.05, 0.1) is 5.92 Å². The predicted molar refractivity (Wildman–Crippen MR) is 97.5 cm³/mol. The number of rotatable bonds is 8. The van der Waals surface area contributed by atoms with E-state index in [0.717, 1.165) is 5.56 Å². The zero-order valence-corrected chi connectivity index (χ0v) is 15.1. The first-order chi connectivity index (χ1) is 12.8. The Kier molecular flexibility index (Phi) is 6.33. The van der Waals surface area contributed by atoms with Gasteiger partial charge in [0, 0.05) is 6.54 Å². The molecule has 144 valence electrons. The molecule has 1 atom stereocenters. The number of hydrogen-bond acceptors (Lipinski definition) is 5. The molecular weight excluding hydrogens is 350 g/mol. The molecule has 1 aliphatic heterocycles. The fourth-order valence-electron chi connectivity index (χ4n) is 3.31. The summed E-state index contributed by atoms with van der Waals surface area (Å²) in [5, 5.41) is 16.2. The molecule has 0 spiro atoms. The van der Waals surface area contributed by atoms with E-state index in [1.54, 1.807) is 31.2 Å². The highest BCUT2D eigenvalue weighted by atomic mass is 16.3. The molecule has 0 aliphatic carbocycles. The molecule has 1 fully saturated rings. The van der Waals surface area contributed by atoms with Gasteiger partial charge in [-0.2, -0.15) is 0 Å². The van der Waals surface area contributed by atoms with Crippen molar-refractivity contribution in [2.75, 3.05) is 6.54 Å². The van der Waals surface area contributed by atoms with Crippen molar-refractivity contribution < 1.29 is 24.3 Å². The molecular formula is C19H23N3O5. The third-order valence-corrected chi connectivity index (χ3v) is 4.70. The van der Waals surface area contributed by atoms with Gasteiger partial charge in [0.15, 0.2) is 0 Å². The Bertz CT molecular complexity index is 737. The summed E-state index contributed by atoms with van der Waals surface area (Å²) in [6.07, 6.45) is 2.07. The number of imide groups is 2. The van der Waals surface area contributed by atoms with Crippen molar-refractivity contribution in [3.05, 3.63) is 42.5 Å². The van der Waals surface area contributed by atoms with E-state index in [2.05, 4.69) is 22.5 Å². The second kappa shape index (κ2) is 8.48. The number of nitrogens with one attached hydrogen (secondary N) is 3. The molecule has 1 aromatic rings. The molecule has 0 saturated carbocycles. The van der Waals surface area contributed by atoms with Crippen molar-refractivity contribution in [2.45, 2.75) is 26.2 Å². The maximum atomic E-state index is 12.7. The van der Waals surface area contributed by atoms with Crippen molar-refractivity contribution in [3.63, 3.8) is 0 Å². The van der Waals surface area contributed by atoms with Crippen LogP contribution in [0.1, 0.15) is 25.3 Å². The maximum Gasteiger partial charge on any atom is 0.328 e. The fraction of sp³-hybridized carbons (Fsp3) is 0.368. The lowest BCUT2D eigenvalue weighted by Gasteiger charge is -2.38. The van der Waals surface area contributed by atoms with Crippen molar-refractivity contribution >= 4 is 23.8 Å². The van der Waals surface area contributed by atoms with Crippen LogP contribution in [0, 0.1) is 11.3 Å². The van der Waals surface area contributed by atoms with Gasteiger partial charge in [-0.25, -0.2) is 4.79 Å². The number of barbiturate groups is 1. The van der Waals surface area contributed by atoms with E-state index in [4.69, 9.17) is 0 Å². The average Bonchev–Trinajstić information content (AvgIpc) is 2.61. The lowest BCUT2D eigenvalue weighted by Crippen LogP contribution is -2.66. The van der Waals surface area contributed by atoms with Crippen LogP contribution in [-0.4, -0.2) is 35.4 Å². The smallest absolute Gasteiger partial charge is 0.328 e. The van der Waals surface area contributed by atoms with Gasteiger partial charge in [-0.15, -0.1) is 6.58 Å². The summed E-state index contributed by atoms with van der Waals surface area (Å²) >= 11 is 0. The topological polar surface area (TPSA) is 125 Å². The number of aromatic hydroxyl groups is 1. The van der Waals surface area contributed by atoms with Crippen molar-refractivity contribution in [2.24, 2.45) is 11.3 Å². The summed E-state index contributed by atoms with van der Waals surface area (Å²) in [6, 6.07) is 5.70. The Labute approximate surface area is 157 Å². The van der Waals surface area contributed by atoms with Gasteiger partial charge < -0.3 is 10.4 Å². The molecule has 1 saturated heterocycles.